The molecule has 27 heteroatoms. The van der Waals surface area contributed by atoms with Gasteiger partial charge in [-0.1, -0.05) is 44.7 Å². The maximum absolute atomic E-state index is 15.1. The molecule has 71 heavy (non-hydrogen) atoms. The number of amides is 2. The average molecular weight is 1070 g/mol. The smallest absolute Gasteiger partial charge is 0.346 e. The minimum atomic E-state index is -5.19. The number of phosphoric ester groups is 1. The summed E-state index contributed by atoms with van der Waals surface area (Å²) in [4.78, 5) is 64.3. The zero-order valence-corrected chi connectivity index (χ0v) is 40.7. The Balaban J connectivity index is 1.59. The van der Waals surface area contributed by atoms with E-state index >= 15 is 8.78 Å². The molecule has 0 fully saturated rings. The van der Waals surface area contributed by atoms with Crippen molar-refractivity contribution < 1.29 is 77.2 Å². The number of pyridine rings is 1. The number of ketones is 1. The van der Waals surface area contributed by atoms with Gasteiger partial charge in [0, 0.05) is 34.6 Å². The van der Waals surface area contributed by atoms with Crippen LogP contribution in [0.4, 0.5) is 49.7 Å². The molecule has 0 spiro atoms. The topological polar surface area (TPSA) is 182 Å². The second-order valence-corrected chi connectivity index (χ2v) is 20.6. The van der Waals surface area contributed by atoms with Crippen molar-refractivity contribution in [3.8, 4) is 23.0 Å². The number of thioether (sulfide) groups is 1. The van der Waals surface area contributed by atoms with E-state index in [1.54, 1.807) is 20.1 Å². The Morgan fingerprint density at radius 2 is 1.62 bits per heavy atom. The summed E-state index contributed by atoms with van der Waals surface area (Å²) in [5.41, 5.74) is -6.54. The van der Waals surface area contributed by atoms with Crippen molar-refractivity contribution in [1.82, 2.24) is 29.9 Å². The molecule has 1 unspecified atom stereocenters. The first-order valence-corrected chi connectivity index (χ1v) is 24.0. The van der Waals surface area contributed by atoms with Crippen molar-refractivity contribution in [3.63, 3.8) is 0 Å². The van der Waals surface area contributed by atoms with E-state index in [2.05, 4.69) is 49.7 Å². The van der Waals surface area contributed by atoms with Crippen LogP contribution in [0.3, 0.4) is 0 Å². The Morgan fingerprint density at radius 3 is 2.21 bits per heavy atom. The molecule has 3 aromatic heterocycles. The maximum atomic E-state index is 15.1. The molecule has 0 bridgehead atoms. The number of nitrogens with zero attached hydrogens (tertiary/aromatic N) is 6. The lowest BCUT2D eigenvalue weighted by Gasteiger charge is -2.24. The number of aryl methyl sites for hydroxylation is 1. The van der Waals surface area contributed by atoms with Crippen LogP contribution in [0.25, 0.3) is 22.0 Å². The SMILES string of the molecule is CSC(C)(C)C#Cc1ccc(-c2ccc(C)c3c(N(S)C(=O)C(=O)C(C)(C)COP(=O)(O)O)nn(CC(F)(F)F)c23)c(C(Cc2cc(F)cc(F)c2)NC(=O)Cn2nc(C(F)(F)F)c3c2C(F)(F)CC3)n1. The number of carbonyl (C=O) groups excluding carboxylic acids is 3. The highest BCUT2D eigenvalue weighted by Gasteiger charge is 2.50. The molecule has 2 aromatic carbocycles. The lowest BCUT2D eigenvalue weighted by Crippen LogP contribution is -2.41. The summed E-state index contributed by atoms with van der Waals surface area (Å²) in [5, 5.41) is 9.68. The number of anilines is 1. The Kier molecular flexibility index (Phi) is 15.4. The standard InChI is InChI=1S/C44H42F10N7O7PS2/c1-22-7-9-28(34-32(22)38(58-60(34)20-43(49,50)51)61(70)39(64)37(63)40(2,3)21-68-69(65,66)67)27-10-8-26(11-13-41(4,5)71-6)55-33(27)30(17-23-15-24(45)18-25(46)16-23)56-31(62)19-59-36-29(12-14-42(36,47)48)35(57-59)44(52,53)54/h7-10,15-16,18,30,70H,12,14,17,19-21H2,1-6H3,(H,56,62)(H2,65,66,67). The van der Waals surface area contributed by atoms with Gasteiger partial charge in [0.2, 0.25) is 11.7 Å². The Morgan fingerprint density at radius 1 is 0.986 bits per heavy atom. The van der Waals surface area contributed by atoms with E-state index in [0.29, 0.717) is 15.1 Å². The molecular formula is C44H42F10N7O7PS2. The van der Waals surface area contributed by atoms with Crippen molar-refractivity contribution in [1.29, 1.82) is 0 Å². The Labute approximate surface area is 407 Å². The van der Waals surface area contributed by atoms with Gasteiger partial charge >= 0.3 is 26.1 Å². The predicted octanol–water partition coefficient (Wildman–Crippen LogP) is 8.98. The molecule has 382 valence electrons. The summed E-state index contributed by atoms with van der Waals surface area (Å²) in [6, 6.07) is 5.99. The van der Waals surface area contributed by atoms with E-state index in [4.69, 9.17) is 0 Å². The molecule has 2 amide bonds. The lowest BCUT2D eigenvalue weighted by atomic mass is 9.88. The van der Waals surface area contributed by atoms with E-state index in [1.807, 2.05) is 0 Å². The molecule has 1 aliphatic carbocycles. The van der Waals surface area contributed by atoms with Crippen LogP contribution in [-0.2, 0) is 61.5 Å². The van der Waals surface area contributed by atoms with Gasteiger partial charge in [-0.15, -0.1) is 11.8 Å². The number of alkyl halides is 8. The Bertz CT molecular complexity index is 3030. The molecule has 3 heterocycles. The van der Waals surface area contributed by atoms with E-state index in [9.17, 15) is 63.9 Å². The predicted molar refractivity (Wildman–Crippen MR) is 242 cm³/mol. The zero-order valence-electron chi connectivity index (χ0n) is 38.1. The monoisotopic (exact) mass is 1070 g/mol. The van der Waals surface area contributed by atoms with Crippen LogP contribution in [0.5, 0.6) is 0 Å². The van der Waals surface area contributed by atoms with Gasteiger partial charge in [-0.05, 0) is 81.2 Å². The van der Waals surface area contributed by atoms with Gasteiger partial charge in [0.15, 0.2) is 11.5 Å². The number of nitrogens with one attached hydrogen (secondary N) is 1. The second kappa shape index (κ2) is 19.9. The minimum absolute atomic E-state index is 0.0289. The van der Waals surface area contributed by atoms with E-state index in [-0.39, 0.29) is 49.2 Å². The molecule has 3 N–H and O–H groups in total. The highest BCUT2D eigenvalue weighted by molar-refractivity contribution is 8.00. The van der Waals surface area contributed by atoms with Gasteiger partial charge in [-0.3, -0.25) is 28.3 Å². The summed E-state index contributed by atoms with van der Waals surface area (Å²) in [7, 11) is -5.15. The normalized spacial score (nSPS) is 14.5. The third kappa shape index (κ3) is 12.6. The fourth-order valence-corrected chi connectivity index (χ4v) is 8.52. The van der Waals surface area contributed by atoms with Crippen LogP contribution in [-0.4, -0.2) is 75.7 Å². The zero-order chi connectivity index (χ0) is 53.0. The summed E-state index contributed by atoms with van der Waals surface area (Å²) in [6.45, 7) is 3.07. The molecule has 0 aliphatic heterocycles. The van der Waals surface area contributed by atoms with Crippen molar-refractivity contribution in [3.05, 3.63) is 93.6 Å². The number of rotatable bonds is 15. The molecule has 1 aliphatic rings. The molecule has 6 rings (SSSR count). The number of hydrogen-bond acceptors (Lipinski definition) is 10. The summed E-state index contributed by atoms with van der Waals surface area (Å²) >= 11 is 5.51. The number of Topliss-reactive ketones (excluding diaryl/α,β-unsaturated/α-hetero) is 1. The van der Waals surface area contributed by atoms with Crippen LogP contribution < -0.4 is 9.62 Å². The van der Waals surface area contributed by atoms with Crippen LogP contribution in [0.2, 0.25) is 0 Å². The summed E-state index contributed by atoms with van der Waals surface area (Å²) in [6.07, 6.45) is -10.8. The lowest BCUT2D eigenvalue weighted by molar-refractivity contribution is -0.143. The van der Waals surface area contributed by atoms with Gasteiger partial charge in [0.05, 0.1) is 34.0 Å². The maximum Gasteiger partial charge on any atom is 0.469 e. The first kappa shape index (κ1) is 54.9. The number of halogens is 10. The molecule has 1 atom stereocenters. The fourth-order valence-electron chi connectivity index (χ4n) is 7.65. The third-order valence-corrected chi connectivity index (χ3v) is 13.1. The highest BCUT2D eigenvalue weighted by atomic mass is 32.2. The number of fused-ring (bicyclic) bond motifs is 2. The number of thiol groups is 1. The number of carbonyl (C=O) groups is 3. The number of hydrogen-bond donors (Lipinski definition) is 4. The molecule has 0 radical (unpaired) electrons. The second-order valence-electron chi connectivity index (χ2n) is 17.6. The van der Waals surface area contributed by atoms with E-state index in [1.165, 1.54) is 43.0 Å². The molecule has 0 saturated carbocycles. The van der Waals surface area contributed by atoms with E-state index in [0.717, 1.165) is 26.0 Å². The van der Waals surface area contributed by atoms with Gasteiger partial charge in [-0.2, -0.15) is 45.3 Å². The van der Waals surface area contributed by atoms with E-state index < -0.39 is 133 Å². The first-order valence-electron chi connectivity index (χ1n) is 20.9. The molecule has 0 saturated heterocycles. The first-order chi connectivity index (χ1) is 32.6. The van der Waals surface area contributed by atoms with Gasteiger partial charge in [0.25, 0.3) is 5.92 Å². The van der Waals surface area contributed by atoms with Crippen molar-refractivity contribution in [2.24, 2.45) is 5.41 Å². The molecule has 5 aromatic rings. The number of phosphoric acid groups is 1. The van der Waals surface area contributed by atoms with Gasteiger partial charge in [0.1, 0.15) is 36.1 Å². The van der Waals surface area contributed by atoms with Crippen molar-refractivity contribution in [2.75, 3.05) is 17.2 Å². The van der Waals surface area contributed by atoms with Gasteiger partial charge < -0.3 is 15.1 Å². The quantitative estimate of drug-likeness (QED) is 0.0258. The van der Waals surface area contributed by atoms with Crippen LogP contribution >= 0.6 is 32.4 Å². The highest BCUT2D eigenvalue weighted by Crippen LogP contribution is 2.47. The number of benzene rings is 2. The van der Waals surface area contributed by atoms with Crippen LogP contribution in [0.1, 0.15) is 79.6 Å². The van der Waals surface area contributed by atoms with Crippen LogP contribution in [0.15, 0.2) is 42.5 Å². The Hall–Kier alpha value is -5.45. The van der Waals surface area contributed by atoms with Crippen molar-refractivity contribution in [2.45, 2.75) is 96.0 Å². The largest absolute Gasteiger partial charge is 0.469 e. The fraction of sp³-hybridized carbons (Fsp3) is 0.409. The molecule has 14 nitrogen and oxygen atoms in total. The number of aromatic nitrogens is 5. The third-order valence-electron chi connectivity index (χ3n) is 11.1. The van der Waals surface area contributed by atoms with Crippen LogP contribution in [0, 0.1) is 35.8 Å². The minimum Gasteiger partial charge on any atom is -0.346 e. The molecular weight excluding hydrogens is 1020 g/mol. The summed E-state index contributed by atoms with van der Waals surface area (Å²) in [5.74, 6) is -4.89. The average Bonchev–Trinajstić information content (AvgIpc) is 3.91. The summed E-state index contributed by atoms with van der Waals surface area (Å²) < 4.78 is 162. The van der Waals surface area contributed by atoms with Gasteiger partial charge in [-0.25, -0.2) is 22.6 Å². The van der Waals surface area contributed by atoms with Crippen molar-refractivity contribution >= 4 is 66.7 Å².